The van der Waals surface area contributed by atoms with Crippen molar-refractivity contribution in [3.8, 4) is 5.75 Å². The topological polar surface area (TPSA) is 106 Å². The maximum absolute atomic E-state index is 12.6. The molecule has 182 valence electrons. The standard InChI is InChI=1S/C24H27Cl2N3O5/c1-5-33-24(32)15(4)34-18-9-6-16(7-10-18)13-27-29-23(31)21(14(2)3)28-22(30)19-11-8-17(25)12-20(19)26/h6-15,21H,5H2,1-4H3,(H,28,30)(H,29,31). The summed E-state index contributed by atoms with van der Waals surface area (Å²) >= 11 is 12.0. The second-order valence-electron chi connectivity index (χ2n) is 7.63. The van der Waals surface area contributed by atoms with Gasteiger partial charge in [-0.2, -0.15) is 5.10 Å². The van der Waals surface area contributed by atoms with Gasteiger partial charge in [-0.3, -0.25) is 9.59 Å². The van der Waals surface area contributed by atoms with Crippen molar-refractivity contribution in [1.29, 1.82) is 0 Å². The molecule has 2 N–H and O–H groups in total. The summed E-state index contributed by atoms with van der Waals surface area (Å²) in [7, 11) is 0. The van der Waals surface area contributed by atoms with E-state index in [0.717, 1.165) is 0 Å². The molecular weight excluding hydrogens is 481 g/mol. The lowest BCUT2D eigenvalue weighted by molar-refractivity contribution is -0.150. The Bertz CT molecular complexity index is 1040. The van der Waals surface area contributed by atoms with Crippen LogP contribution in [0, 0.1) is 5.92 Å². The SMILES string of the molecule is CCOC(=O)C(C)Oc1ccc(C=NNC(=O)C(NC(=O)c2ccc(Cl)cc2Cl)C(C)C)cc1. The monoisotopic (exact) mass is 507 g/mol. The van der Waals surface area contributed by atoms with E-state index < -0.39 is 29.9 Å². The molecule has 0 aromatic heterocycles. The Morgan fingerprint density at radius 3 is 2.32 bits per heavy atom. The first-order valence-corrected chi connectivity index (χ1v) is 11.4. The van der Waals surface area contributed by atoms with Gasteiger partial charge in [0.15, 0.2) is 6.10 Å². The predicted octanol–water partition coefficient (Wildman–Crippen LogP) is 4.23. The number of nitrogens with one attached hydrogen (secondary N) is 2. The zero-order valence-electron chi connectivity index (χ0n) is 19.3. The Balaban J connectivity index is 1.96. The lowest BCUT2D eigenvalue weighted by atomic mass is 10.0. The van der Waals surface area contributed by atoms with Gasteiger partial charge < -0.3 is 14.8 Å². The summed E-state index contributed by atoms with van der Waals surface area (Å²) in [6.45, 7) is 7.21. The van der Waals surface area contributed by atoms with E-state index in [2.05, 4.69) is 15.8 Å². The molecule has 0 radical (unpaired) electrons. The second-order valence-corrected chi connectivity index (χ2v) is 8.48. The minimum absolute atomic E-state index is 0.190. The summed E-state index contributed by atoms with van der Waals surface area (Å²) in [5.41, 5.74) is 3.34. The van der Waals surface area contributed by atoms with Gasteiger partial charge in [0.2, 0.25) is 0 Å². The Hall–Kier alpha value is -3.10. The molecule has 2 unspecified atom stereocenters. The van der Waals surface area contributed by atoms with Crippen LogP contribution in [0.3, 0.4) is 0 Å². The molecule has 0 bridgehead atoms. The van der Waals surface area contributed by atoms with Crippen LogP contribution in [-0.4, -0.2) is 42.8 Å². The van der Waals surface area contributed by atoms with Gasteiger partial charge >= 0.3 is 5.97 Å². The zero-order chi connectivity index (χ0) is 25.3. The van der Waals surface area contributed by atoms with Gasteiger partial charge in [-0.25, -0.2) is 10.2 Å². The molecule has 2 amide bonds. The summed E-state index contributed by atoms with van der Waals surface area (Å²) in [4.78, 5) is 36.8. The number of nitrogens with zero attached hydrogens (tertiary/aromatic N) is 1. The smallest absolute Gasteiger partial charge is 0.347 e. The van der Waals surface area contributed by atoms with Crippen LogP contribution < -0.4 is 15.5 Å². The Kier molecular flexibility index (Phi) is 10.3. The van der Waals surface area contributed by atoms with Crippen LogP contribution in [0.25, 0.3) is 0 Å². The summed E-state index contributed by atoms with van der Waals surface area (Å²) < 4.78 is 10.4. The molecule has 2 rings (SSSR count). The number of carbonyl (C=O) groups is 3. The number of ether oxygens (including phenoxy) is 2. The van der Waals surface area contributed by atoms with E-state index in [0.29, 0.717) is 16.3 Å². The highest BCUT2D eigenvalue weighted by Gasteiger charge is 2.25. The third-order valence-corrected chi connectivity index (χ3v) is 5.16. The highest BCUT2D eigenvalue weighted by molar-refractivity contribution is 6.36. The molecule has 2 aromatic rings. The highest BCUT2D eigenvalue weighted by Crippen LogP contribution is 2.21. The van der Waals surface area contributed by atoms with E-state index >= 15 is 0 Å². The molecule has 0 fully saturated rings. The van der Waals surface area contributed by atoms with Gasteiger partial charge in [0.05, 0.1) is 23.4 Å². The molecule has 2 atom stereocenters. The number of amides is 2. The first kappa shape index (κ1) is 27.1. The third kappa shape index (κ3) is 8.04. The van der Waals surface area contributed by atoms with Crippen molar-refractivity contribution < 1.29 is 23.9 Å². The number of hydrogen-bond donors (Lipinski definition) is 2. The summed E-state index contributed by atoms with van der Waals surface area (Å²) in [6, 6.07) is 10.4. The number of rotatable bonds is 10. The van der Waals surface area contributed by atoms with Crippen molar-refractivity contribution in [2.75, 3.05) is 6.61 Å². The van der Waals surface area contributed by atoms with Gasteiger partial charge in [-0.1, -0.05) is 37.0 Å². The van der Waals surface area contributed by atoms with Crippen molar-refractivity contribution in [1.82, 2.24) is 10.7 Å². The molecule has 8 nitrogen and oxygen atoms in total. The van der Waals surface area contributed by atoms with Crippen LogP contribution in [-0.2, 0) is 14.3 Å². The van der Waals surface area contributed by atoms with Crippen molar-refractivity contribution >= 4 is 47.2 Å². The molecule has 34 heavy (non-hydrogen) atoms. The van der Waals surface area contributed by atoms with Gasteiger partial charge in [0, 0.05) is 5.02 Å². The van der Waals surface area contributed by atoms with Gasteiger partial charge in [0.25, 0.3) is 11.8 Å². The molecule has 0 heterocycles. The summed E-state index contributed by atoms with van der Waals surface area (Å²) in [5, 5.41) is 7.24. The maximum Gasteiger partial charge on any atom is 0.347 e. The predicted molar refractivity (Wildman–Crippen MR) is 131 cm³/mol. The van der Waals surface area contributed by atoms with E-state index in [1.54, 1.807) is 58.0 Å². The van der Waals surface area contributed by atoms with Gasteiger partial charge in [-0.15, -0.1) is 0 Å². The molecule has 0 aliphatic rings. The number of halogens is 2. The Morgan fingerprint density at radius 2 is 1.74 bits per heavy atom. The van der Waals surface area contributed by atoms with Crippen molar-refractivity contribution in [3.63, 3.8) is 0 Å². The van der Waals surface area contributed by atoms with Gasteiger partial charge in [0.1, 0.15) is 11.8 Å². The Morgan fingerprint density at radius 1 is 1.06 bits per heavy atom. The number of hydrazone groups is 1. The number of hydrogen-bond acceptors (Lipinski definition) is 6. The normalized spacial score (nSPS) is 12.8. The first-order chi connectivity index (χ1) is 16.1. The average Bonchev–Trinajstić information content (AvgIpc) is 2.78. The molecule has 0 saturated carbocycles. The number of esters is 1. The van der Waals surface area contributed by atoms with E-state index in [-0.39, 0.29) is 23.1 Å². The van der Waals surface area contributed by atoms with Crippen molar-refractivity contribution in [2.24, 2.45) is 11.0 Å². The van der Waals surface area contributed by atoms with E-state index in [9.17, 15) is 14.4 Å². The van der Waals surface area contributed by atoms with Crippen molar-refractivity contribution in [2.45, 2.75) is 39.8 Å². The minimum Gasteiger partial charge on any atom is -0.479 e. The maximum atomic E-state index is 12.6. The fourth-order valence-corrected chi connectivity index (χ4v) is 3.31. The third-order valence-electron chi connectivity index (χ3n) is 4.61. The van der Waals surface area contributed by atoms with Crippen LogP contribution >= 0.6 is 23.2 Å². The van der Waals surface area contributed by atoms with Gasteiger partial charge in [-0.05, 0) is 67.8 Å². The van der Waals surface area contributed by atoms with Crippen LogP contribution in [0.2, 0.25) is 10.0 Å². The minimum atomic E-state index is -0.837. The number of carbonyl (C=O) groups excluding carboxylic acids is 3. The lowest BCUT2D eigenvalue weighted by Gasteiger charge is -2.20. The average molecular weight is 508 g/mol. The Labute approximate surface area is 208 Å². The summed E-state index contributed by atoms with van der Waals surface area (Å²) in [5.74, 6) is -1.13. The first-order valence-electron chi connectivity index (χ1n) is 10.6. The molecular formula is C24H27Cl2N3O5. The summed E-state index contributed by atoms with van der Waals surface area (Å²) in [6.07, 6.45) is 0.718. The largest absolute Gasteiger partial charge is 0.479 e. The quantitative estimate of drug-likeness (QED) is 0.284. The zero-order valence-corrected chi connectivity index (χ0v) is 20.8. The molecule has 0 saturated heterocycles. The van der Waals surface area contributed by atoms with Crippen molar-refractivity contribution in [3.05, 3.63) is 63.6 Å². The molecule has 0 aliphatic heterocycles. The fourth-order valence-electron chi connectivity index (χ4n) is 2.81. The molecule has 0 spiro atoms. The van der Waals surface area contributed by atoms with Crippen LogP contribution in [0.15, 0.2) is 47.6 Å². The van der Waals surface area contributed by atoms with E-state index in [4.69, 9.17) is 32.7 Å². The molecule has 2 aromatic carbocycles. The number of benzene rings is 2. The molecule has 10 heteroatoms. The lowest BCUT2D eigenvalue weighted by Crippen LogP contribution is -2.48. The van der Waals surface area contributed by atoms with E-state index in [1.807, 2.05) is 0 Å². The van der Waals surface area contributed by atoms with Crippen LogP contribution in [0.1, 0.15) is 43.6 Å². The second kappa shape index (κ2) is 13.0. The highest BCUT2D eigenvalue weighted by atomic mass is 35.5. The molecule has 0 aliphatic carbocycles. The van der Waals surface area contributed by atoms with E-state index in [1.165, 1.54) is 18.3 Å². The van der Waals surface area contributed by atoms with Crippen LogP contribution in [0.5, 0.6) is 5.75 Å². The van der Waals surface area contributed by atoms with Crippen LogP contribution in [0.4, 0.5) is 0 Å². The fraction of sp³-hybridized carbons (Fsp3) is 0.333.